The van der Waals surface area contributed by atoms with Gasteiger partial charge in [0.15, 0.2) is 0 Å². The van der Waals surface area contributed by atoms with Crippen LogP contribution in [0.15, 0.2) is 72.9 Å². The van der Waals surface area contributed by atoms with Gasteiger partial charge in [-0.15, -0.1) is 5.69 Å². The van der Waals surface area contributed by atoms with Crippen molar-refractivity contribution in [3.8, 4) is 0 Å². The molecule has 0 aliphatic carbocycles. The van der Waals surface area contributed by atoms with Crippen molar-refractivity contribution in [2.45, 2.75) is 5.92 Å². The van der Waals surface area contributed by atoms with Crippen molar-refractivity contribution in [2.75, 3.05) is 0 Å². The molecular weight excluding hydrogens is 440 g/mol. The number of nitrogens with one attached hydrogen (secondary N) is 2. The summed E-state index contributed by atoms with van der Waals surface area (Å²) in [7, 11) is 0. The zero-order valence-electron chi connectivity index (χ0n) is 13.8. The SMILES string of the molecule is [NH-]c1ccc(C(c2ccc(Cl)c(Cl)c2)c2c[nH]c3ccccc23)cc1.[Y]. The van der Waals surface area contributed by atoms with Crippen LogP contribution in [-0.4, -0.2) is 4.98 Å². The van der Waals surface area contributed by atoms with Crippen LogP contribution in [0.5, 0.6) is 0 Å². The third-order valence-electron chi connectivity index (χ3n) is 4.45. The number of H-pyrrole nitrogens is 1. The Labute approximate surface area is 187 Å². The number of fused-ring (bicyclic) bond motifs is 1. The topological polar surface area (TPSA) is 39.6 Å². The first kappa shape index (κ1) is 19.4. The molecule has 0 saturated heterocycles. The molecule has 1 aromatic heterocycles. The summed E-state index contributed by atoms with van der Waals surface area (Å²) in [5.41, 5.74) is 12.7. The van der Waals surface area contributed by atoms with Crippen molar-refractivity contribution in [3.63, 3.8) is 0 Å². The van der Waals surface area contributed by atoms with E-state index in [0.29, 0.717) is 15.7 Å². The Balaban J connectivity index is 0.00000196. The second-order valence-corrected chi connectivity index (χ2v) is 6.83. The van der Waals surface area contributed by atoms with E-state index in [9.17, 15) is 0 Å². The fourth-order valence-corrected chi connectivity index (χ4v) is 3.56. The van der Waals surface area contributed by atoms with E-state index >= 15 is 0 Å². The van der Waals surface area contributed by atoms with Crippen molar-refractivity contribution in [1.82, 2.24) is 4.98 Å². The van der Waals surface area contributed by atoms with Crippen LogP contribution >= 0.6 is 23.2 Å². The van der Waals surface area contributed by atoms with Gasteiger partial charge in [0.25, 0.3) is 0 Å². The van der Waals surface area contributed by atoms with Gasteiger partial charge in [-0.05, 0) is 34.9 Å². The van der Waals surface area contributed by atoms with E-state index in [4.69, 9.17) is 28.9 Å². The fraction of sp³-hybridized carbons (Fsp3) is 0.0476. The molecule has 0 aliphatic heterocycles. The average Bonchev–Trinajstić information content (AvgIpc) is 3.04. The van der Waals surface area contributed by atoms with E-state index in [0.717, 1.165) is 16.6 Å². The minimum Gasteiger partial charge on any atom is -0.699 e. The predicted octanol–water partition coefficient (Wildman–Crippen LogP) is 7.34. The largest absolute Gasteiger partial charge is 0.699 e. The first-order chi connectivity index (χ1) is 12.1. The van der Waals surface area contributed by atoms with E-state index in [1.807, 2.05) is 60.8 Å². The third-order valence-corrected chi connectivity index (χ3v) is 5.19. The van der Waals surface area contributed by atoms with Gasteiger partial charge in [0.1, 0.15) is 0 Å². The molecular formula is C21H15Cl2N2Y-. The van der Waals surface area contributed by atoms with Crippen molar-refractivity contribution in [3.05, 3.63) is 105 Å². The van der Waals surface area contributed by atoms with Crippen LogP contribution < -0.4 is 0 Å². The van der Waals surface area contributed by atoms with E-state index in [1.54, 1.807) is 0 Å². The van der Waals surface area contributed by atoms with E-state index in [1.165, 1.54) is 10.9 Å². The van der Waals surface area contributed by atoms with Gasteiger partial charge in [0.05, 0.1) is 10.0 Å². The van der Waals surface area contributed by atoms with Gasteiger partial charge in [0.2, 0.25) is 0 Å². The van der Waals surface area contributed by atoms with Crippen LogP contribution in [-0.2, 0) is 32.7 Å². The molecule has 0 bridgehead atoms. The molecule has 1 heterocycles. The molecule has 0 amide bonds. The van der Waals surface area contributed by atoms with Crippen LogP contribution in [0.3, 0.4) is 0 Å². The first-order valence-electron chi connectivity index (χ1n) is 7.96. The maximum absolute atomic E-state index is 7.76. The minimum atomic E-state index is 0. The Hall–Kier alpha value is -1.32. The molecule has 0 fully saturated rings. The Kier molecular flexibility index (Phi) is 6.09. The van der Waals surface area contributed by atoms with Gasteiger partial charge in [-0.2, -0.15) is 0 Å². The number of benzene rings is 3. The van der Waals surface area contributed by atoms with Gasteiger partial charge in [-0.3, -0.25) is 0 Å². The Bertz CT molecular complexity index is 1040. The summed E-state index contributed by atoms with van der Waals surface area (Å²) in [6, 6.07) is 21.6. The quantitative estimate of drug-likeness (QED) is 0.336. The van der Waals surface area contributed by atoms with E-state index in [-0.39, 0.29) is 38.6 Å². The summed E-state index contributed by atoms with van der Waals surface area (Å²) >= 11 is 12.4. The molecule has 0 aliphatic rings. The molecule has 4 aromatic rings. The number of hydrogen-bond acceptors (Lipinski definition) is 0. The molecule has 5 heteroatoms. The summed E-state index contributed by atoms with van der Waals surface area (Å²) in [4.78, 5) is 3.35. The van der Waals surface area contributed by atoms with Crippen molar-refractivity contribution in [1.29, 1.82) is 0 Å². The third kappa shape index (κ3) is 3.70. The summed E-state index contributed by atoms with van der Waals surface area (Å²) in [6.45, 7) is 0. The van der Waals surface area contributed by atoms with Crippen molar-refractivity contribution >= 4 is 39.8 Å². The number of para-hydroxylation sites is 1. The molecule has 0 saturated carbocycles. The van der Waals surface area contributed by atoms with Gasteiger partial charge < -0.3 is 10.7 Å². The number of aromatic nitrogens is 1. The van der Waals surface area contributed by atoms with Crippen LogP contribution in [0.4, 0.5) is 5.69 Å². The number of rotatable bonds is 3. The van der Waals surface area contributed by atoms with Gasteiger partial charge >= 0.3 is 0 Å². The second kappa shape index (κ2) is 8.14. The predicted molar refractivity (Wildman–Crippen MR) is 106 cm³/mol. The standard InChI is InChI=1S/C21H15Cl2N2.Y/c22-18-10-7-14(11-19(18)23)21(13-5-8-15(24)9-6-13)17-12-25-20-4-2-1-3-16(17)20;/h1-12,21,24-25H;/q-1;. The first-order valence-corrected chi connectivity index (χ1v) is 8.71. The fourth-order valence-electron chi connectivity index (χ4n) is 3.25. The maximum atomic E-state index is 7.76. The summed E-state index contributed by atoms with van der Waals surface area (Å²) in [6.07, 6.45) is 2.05. The smallest absolute Gasteiger partial charge is 0.0595 e. The maximum Gasteiger partial charge on any atom is 0.0595 e. The molecule has 2 N–H and O–H groups in total. The normalized spacial score (nSPS) is 11.9. The van der Waals surface area contributed by atoms with Gasteiger partial charge in [-0.25, -0.2) is 0 Å². The Morgan fingerprint density at radius 2 is 1.50 bits per heavy atom. The molecule has 1 unspecified atom stereocenters. The van der Waals surface area contributed by atoms with Gasteiger partial charge in [0, 0.05) is 55.7 Å². The summed E-state index contributed by atoms with van der Waals surface area (Å²) in [5.74, 6) is 0.00603. The molecule has 3 aromatic carbocycles. The van der Waals surface area contributed by atoms with Crippen LogP contribution in [0.2, 0.25) is 10.0 Å². The molecule has 4 rings (SSSR count). The Morgan fingerprint density at radius 3 is 2.23 bits per heavy atom. The van der Waals surface area contributed by atoms with Crippen LogP contribution in [0.1, 0.15) is 22.6 Å². The molecule has 1 atom stereocenters. The van der Waals surface area contributed by atoms with Gasteiger partial charge in [-0.1, -0.05) is 71.7 Å². The number of aromatic amines is 1. The van der Waals surface area contributed by atoms with Crippen LogP contribution in [0.25, 0.3) is 16.6 Å². The molecule has 0 spiro atoms. The zero-order chi connectivity index (χ0) is 17.4. The molecule has 26 heavy (non-hydrogen) atoms. The molecule has 1 radical (unpaired) electrons. The molecule has 2 nitrogen and oxygen atoms in total. The molecule has 127 valence electrons. The van der Waals surface area contributed by atoms with E-state index in [2.05, 4.69) is 17.1 Å². The Morgan fingerprint density at radius 1 is 0.808 bits per heavy atom. The monoisotopic (exact) mass is 454 g/mol. The minimum absolute atomic E-state index is 0. The summed E-state index contributed by atoms with van der Waals surface area (Å²) in [5, 5.41) is 2.26. The number of halogens is 2. The summed E-state index contributed by atoms with van der Waals surface area (Å²) < 4.78 is 0. The van der Waals surface area contributed by atoms with Crippen molar-refractivity contribution in [2.24, 2.45) is 0 Å². The van der Waals surface area contributed by atoms with Crippen LogP contribution in [0, 0.1) is 0 Å². The average molecular weight is 455 g/mol. The number of hydrogen-bond donors (Lipinski definition) is 1. The zero-order valence-corrected chi connectivity index (χ0v) is 18.2. The second-order valence-electron chi connectivity index (χ2n) is 6.02. The van der Waals surface area contributed by atoms with E-state index < -0.39 is 0 Å². The van der Waals surface area contributed by atoms with Crippen molar-refractivity contribution < 1.29 is 32.7 Å².